The second-order valence-electron chi connectivity index (χ2n) is 5.81. The number of nitrogens with two attached hydrogens (primary N) is 3. The summed E-state index contributed by atoms with van der Waals surface area (Å²) in [5, 5.41) is 20.5. The fourth-order valence-corrected chi connectivity index (χ4v) is 2.86. The molecule has 0 aliphatic carbocycles. The number of carbonyl (C=O) groups is 1. The molecule has 1 amide bonds. The molecular weight excluding hydrogens is 332 g/mol. The summed E-state index contributed by atoms with van der Waals surface area (Å²) in [6.45, 7) is 0. The average Bonchev–Trinajstić information content (AvgIpc) is 3.11. The minimum absolute atomic E-state index is 0.0813. The Labute approximate surface area is 142 Å². The van der Waals surface area contributed by atoms with Crippen molar-refractivity contribution in [3.05, 3.63) is 6.33 Å². The maximum atomic E-state index is 10.8. The van der Waals surface area contributed by atoms with Gasteiger partial charge in [-0.15, -0.1) is 0 Å². The Morgan fingerprint density at radius 1 is 1.36 bits per heavy atom. The van der Waals surface area contributed by atoms with E-state index in [4.69, 9.17) is 22.0 Å². The number of hydrogen-bond donors (Lipinski definition) is 6. The normalized spacial score (nSPS) is 26.2. The summed E-state index contributed by atoms with van der Waals surface area (Å²) < 4.78 is 7.21. The highest BCUT2D eigenvalue weighted by molar-refractivity contribution is 5.82. The van der Waals surface area contributed by atoms with Crippen LogP contribution in [0.25, 0.3) is 11.2 Å². The minimum Gasteiger partial charge on any atom is -0.388 e. The SMILES string of the molecule is NNc1nc(N)c2ncn([C@@H]3O[C@H](CCCC(N)=O)C(O)C3O)c2n1. The zero-order valence-electron chi connectivity index (χ0n) is 13.2. The molecule has 12 heteroatoms. The van der Waals surface area contributed by atoms with Crippen LogP contribution in [0, 0.1) is 0 Å². The molecule has 0 spiro atoms. The molecule has 0 saturated carbocycles. The van der Waals surface area contributed by atoms with Crippen LogP contribution in [0.15, 0.2) is 6.33 Å². The van der Waals surface area contributed by atoms with Gasteiger partial charge in [0.05, 0.1) is 12.4 Å². The van der Waals surface area contributed by atoms with Gasteiger partial charge < -0.3 is 26.4 Å². The number of aromatic nitrogens is 4. The fourth-order valence-electron chi connectivity index (χ4n) is 2.86. The topological polar surface area (TPSA) is 200 Å². The molecule has 1 aliphatic rings. The summed E-state index contributed by atoms with van der Waals surface area (Å²) in [6, 6.07) is 0. The Balaban J connectivity index is 1.85. The van der Waals surface area contributed by atoms with Crippen molar-refractivity contribution in [2.75, 3.05) is 11.2 Å². The number of imidazole rings is 1. The average molecular weight is 352 g/mol. The number of rotatable bonds is 6. The van der Waals surface area contributed by atoms with E-state index in [0.717, 1.165) is 0 Å². The van der Waals surface area contributed by atoms with Crippen molar-refractivity contribution in [1.29, 1.82) is 0 Å². The summed E-state index contributed by atoms with van der Waals surface area (Å²) in [6.07, 6.45) is -1.52. The Hall–Kier alpha value is -2.54. The Morgan fingerprint density at radius 3 is 2.80 bits per heavy atom. The van der Waals surface area contributed by atoms with E-state index in [1.165, 1.54) is 10.9 Å². The van der Waals surface area contributed by atoms with Crippen molar-refractivity contribution >= 4 is 28.8 Å². The van der Waals surface area contributed by atoms with Crippen LogP contribution in [-0.2, 0) is 9.53 Å². The lowest BCUT2D eigenvalue weighted by Gasteiger charge is -2.16. The number of nitrogens with zero attached hydrogens (tertiary/aromatic N) is 4. The number of carbonyl (C=O) groups excluding carboxylic acids is 1. The van der Waals surface area contributed by atoms with Crippen LogP contribution in [0.2, 0.25) is 0 Å². The molecule has 2 aromatic rings. The Morgan fingerprint density at radius 2 is 2.12 bits per heavy atom. The van der Waals surface area contributed by atoms with Crippen LogP contribution >= 0.6 is 0 Å². The summed E-state index contributed by atoms with van der Waals surface area (Å²) in [7, 11) is 0. The molecule has 3 rings (SSSR count). The molecule has 136 valence electrons. The first kappa shape index (κ1) is 17.3. The number of fused-ring (bicyclic) bond motifs is 1. The van der Waals surface area contributed by atoms with E-state index in [2.05, 4.69) is 20.4 Å². The van der Waals surface area contributed by atoms with Crippen molar-refractivity contribution in [3.63, 3.8) is 0 Å². The first-order valence-electron chi connectivity index (χ1n) is 7.69. The van der Waals surface area contributed by atoms with Crippen LogP contribution in [0.4, 0.5) is 11.8 Å². The highest BCUT2D eigenvalue weighted by Crippen LogP contribution is 2.34. The zero-order chi connectivity index (χ0) is 18.1. The van der Waals surface area contributed by atoms with Gasteiger partial charge in [-0.1, -0.05) is 0 Å². The van der Waals surface area contributed by atoms with Crippen molar-refractivity contribution < 1.29 is 19.7 Å². The number of aliphatic hydroxyl groups excluding tert-OH is 2. The number of anilines is 2. The molecular formula is C13H20N8O4. The second-order valence-corrected chi connectivity index (χ2v) is 5.81. The van der Waals surface area contributed by atoms with E-state index in [1.54, 1.807) is 0 Å². The molecule has 0 bridgehead atoms. The van der Waals surface area contributed by atoms with Gasteiger partial charge in [-0.05, 0) is 12.8 Å². The van der Waals surface area contributed by atoms with Crippen LogP contribution < -0.4 is 22.7 Å². The van der Waals surface area contributed by atoms with Gasteiger partial charge >= 0.3 is 0 Å². The van der Waals surface area contributed by atoms with Gasteiger partial charge in [0.1, 0.15) is 17.7 Å². The molecule has 1 saturated heterocycles. The van der Waals surface area contributed by atoms with Crippen LogP contribution in [0.1, 0.15) is 25.5 Å². The molecule has 2 unspecified atom stereocenters. The smallest absolute Gasteiger partial charge is 0.241 e. The standard InChI is InChI=1S/C13H20N8O4/c14-6(22)3-1-2-5-8(23)9(24)12(25-5)21-4-17-7-10(15)18-13(20-16)19-11(7)21/h4-5,8-9,12,23-24H,1-3,16H2,(H2,14,22)(H3,15,18,19,20)/t5-,8?,9?,12-/m1/s1. The first-order valence-corrected chi connectivity index (χ1v) is 7.69. The van der Waals surface area contributed by atoms with E-state index >= 15 is 0 Å². The number of amides is 1. The quantitative estimate of drug-likeness (QED) is 0.248. The highest BCUT2D eigenvalue weighted by Gasteiger charge is 2.44. The number of aliphatic hydroxyl groups is 2. The van der Waals surface area contributed by atoms with Gasteiger partial charge in [0, 0.05) is 6.42 Å². The van der Waals surface area contributed by atoms with E-state index in [9.17, 15) is 15.0 Å². The van der Waals surface area contributed by atoms with Gasteiger partial charge in [-0.3, -0.25) is 14.8 Å². The molecule has 1 aliphatic heterocycles. The van der Waals surface area contributed by atoms with Gasteiger partial charge in [0.15, 0.2) is 17.7 Å². The lowest BCUT2D eigenvalue weighted by Crippen LogP contribution is -2.31. The predicted octanol–water partition coefficient (Wildman–Crippen LogP) is -2.03. The molecule has 25 heavy (non-hydrogen) atoms. The molecule has 2 aromatic heterocycles. The summed E-state index contributed by atoms with van der Waals surface area (Å²) >= 11 is 0. The van der Waals surface area contributed by atoms with Gasteiger partial charge in [0.25, 0.3) is 0 Å². The predicted molar refractivity (Wildman–Crippen MR) is 86.5 cm³/mol. The molecule has 9 N–H and O–H groups in total. The Kier molecular flexibility index (Phi) is 4.67. The minimum atomic E-state index is -1.21. The second kappa shape index (κ2) is 6.76. The number of hydrazine groups is 1. The van der Waals surface area contributed by atoms with E-state index in [-0.39, 0.29) is 18.2 Å². The third-order valence-corrected chi connectivity index (χ3v) is 4.10. The number of primary amides is 1. The summed E-state index contributed by atoms with van der Waals surface area (Å²) in [5.41, 5.74) is 13.8. The number of nitrogen functional groups attached to an aromatic ring is 2. The third kappa shape index (κ3) is 3.19. The number of hydrogen-bond acceptors (Lipinski definition) is 10. The molecule has 0 aromatic carbocycles. The summed E-state index contributed by atoms with van der Waals surface area (Å²) in [5.74, 6) is 5.08. The zero-order valence-corrected chi connectivity index (χ0v) is 13.2. The van der Waals surface area contributed by atoms with Gasteiger partial charge in [-0.25, -0.2) is 10.8 Å². The van der Waals surface area contributed by atoms with E-state index in [0.29, 0.717) is 24.0 Å². The van der Waals surface area contributed by atoms with Crippen LogP contribution in [-0.4, -0.2) is 54.0 Å². The van der Waals surface area contributed by atoms with Gasteiger partial charge in [-0.2, -0.15) is 9.97 Å². The number of ether oxygens (including phenoxy) is 1. The molecule has 3 heterocycles. The number of nitrogens with one attached hydrogen (secondary N) is 1. The monoisotopic (exact) mass is 352 g/mol. The largest absolute Gasteiger partial charge is 0.388 e. The van der Waals surface area contributed by atoms with E-state index in [1.807, 2.05) is 0 Å². The third-order valence-electron chi connectivity index (χ3n) is 4.10. The van der Waals surface area contributed by atoms with Crippen molar-refractivity contribution in [2.45, 2.75) is 43.8 Å². The Bertz CT molecular complexity index is 781. The van der Waals surface area contributed by atoms with Crippen molar-refractivity contribution in [3.8, 4) is 0 Å². The maximum Gasteiger partial charge on any atom is 0.241 e. The lowest BCUT2D eigenvalue weighted by molar-refractivity contribution is -0.118. The molecule has 1 fully saturated rings. The van der Waals surface area contributed by atoms with E-state index < -0.39 is 30.4 Å². The van der Waals surface area contributed by atoms with Gasteiger partial charge in [0.2, 0.25) is 11.9 Å². The fraction of sp³-hybridized carbons (Fsp3) is 0.538. The molecule has 12 nitrogen and oxygen atoms in total. The molecule has 0 radical (unpaired) electrons. The van der Waals surface area contributed by atoms with Crippen LogP contribution in [0.3, 0.4) is 0 Å². The van der Waals surface area contributed by atoms with Crippen LogP contribution in [0.5, 0.6) is 0 Å². The first-order chi connectivity index (χ1) is 11.9. The van der Waals surface area contributed by atoms with Crippen molar-refractivity contribution in [1.82, 2.24) is 19.5 Å². The maximum absolute atomic E-state index is 10.8. The molecule has 4 atom stereocenters. The van der Waals surface area contributed by atoms with Crippen molar-refractivity contribution in [2.24, 2.45) is 11.6 Å². The summed E-state index contributed by atoms with van der Waals surface area (Å²) in [4.78, 5) is 23.0. The highest BCUT2D eigenvalue weighted by atomic mass is 16.6. The lowest BCUT2D eigenvalue weighted by atomic mass is 10.0.